The van der Waals surface area contributed by atoms with E-state index in [-0.39, 0.29) is 30.4 Å². The molecule has 1 aromatic heterocycles. The number of nitrogens with zero attached hydrogens (tertiary/aromatic N) is 2. The van der Waals surface area contributed by atoms with E-state index in [2.05, 4.69) is 38.5 Å². The highest BCUT2D eigenvalue weighted by atomic mass is 79.9. The average molecular weight is 411 g/mol. The van der Waals surface area contributed by atoms with E-state index >= 15 is 0 Å². The number of hydrogen-bond acceptors (Lipinski definition) is 4. The highest BCUT2D eigenvalue weighted by molar-refractivity contribution is 9.10. The first-order valence-electron chi connectivity index (χ1n) is 8.79. The number of anilines is 1. The third-order valence-electron chi connectivity index (χ3n) is 4.87. The first-order chi connectivity index (χ1) is 11.9. The summed E-state index contributed by atoms with van der Waals surface area (Å²) in [4.78, 5) is 30.5. The summed E-state index contributed by atoms with van der Waals surface area (Å²) in [6, 6.07) is 3.42. The Hall–Kier alpha value is -1.47. The third-order valence-corrected chi connectivity index (χ3v) is 5.34. The van der Waals surface area contributed by atoms with E-state index in [1.54, 1.807) is 24.2 Å². The van der Waals surface area contributed by atoms with Gasteiger partial charge in [-0.15, -0.1) is 0 Å². The molecule has 25 heavy (non-hydrogen) atoms. The van der Waals surface area contributed by atoms with E-state index in [9.17, 15) is 9.59 Å². The van der Waals surface area contributed by atoms with Gasteiger partial charge in [0.15, 0.2) is 0 Å². The molecule has 138 valence electrons. The molecule has 7 heteroatoms. The first-order valence-corrected chi connectivity index (χ1v) is 9.58. The molecule has 3 unspecified atom stereocenters. The Morgan fingerprint density at radius 3 is 2.72 bits per heavy atom. The summed E-state index contributed by atoms with van der Waals surface area (Å²) in [5.41, 5.74) is 0. The highest BCUT2D eigenvalue weighted by Crippen LogP contribution is 2.23. The molecule has 0 radical (unpaired) electrons. The highest BCUT2D eigenvalue weighted by Gasteiger charge is 2.26. The van der Waals surface area contributed by atoms with Crippen molar-refractivity contribution in [1.29, 1.82) is 0 Å². The normalized spacial score (nSPS) is 21.6. The fraction of sp³-hybridized carbons (Fsp3) is 0.611. The molecule has 0 bridgehead atoms. The first kappa shape index (κ1) is 19.8. The standard InChI is InChI=1S/C18H27BrN4O2/c1-12-6-4-5-7-15(12)21-18(25)13(2)23(3)11-17(24)22-16-9-8-14(19)10-20-16/h8-10,12-13,15H,4-7,11H2,1-3H3,(H,21,25)(H,20,22,24). The van der Waals surface area contributed by atoms with Crippen molar-refractivity contribution in [2.24, 2.45) is 5.92 Å². The summed E-state index contributed by atoms with van der Waals surface area (Å²) >= 11 is 3.30. The van der Waals surface area contributed by atoms with Crippen LogP contribution in [0.15, 0.2) is 22.8 Å². The minimum absolute atomic E-state index is 0.0178. The lowest BCUT2D eigenvalue weighted by atomic mass is 9.86. The van der Waals surface area contributed by atoms with Gasteiger partial charge in [-0.25, -0.2) is 4.98 Å². The molecular weight excluding hydrogens is 384 g/mol. The molecule has 0 saturated heterocycles. The molecule has 6 nitrogen and oxygen atoms in total. The van der Waals surface area contributed by atoms with Gasteiger partial charge in [-0.1, -0.05) is 19.8 Å². The van der Waals surface area contributed by atoms with Crippen LogP contribution >= 0.6 is 15.9 Å². The van der Waals surface area contributed by atoms with E-state index < -0.39 is 0 Å². The van der Waals surface area contributed by atoms with E-state index in [0.29, 0.717) is 11.7 Å². The largest absolute Gasteiger partial charge is 0.352 e. The molecule has 2 rings (SSSR count). The number of aromatic nitrogens is 1. The number of rotatable bonds is 6. The van der Waals surface area contributed by atoms with Gasteiger partial charge < -0.3 is 10.6 Å². The lowest BCUT2D eigenvalue weighted by Crippen LogP contribution is -2.50. The summed E-state index contributed by atoms with van der Waals surface area (Å²) < 4.78 is 0.852. The summed E-state index contributed by atoms with van der Waals surface area (Å²) in [6.07, 6.45) is 6.24. The third kappa shape index (κ3) is 6.08. The van der Waals surface area contributed by atoms with Gasteiger partial charge in [0, 0.05) is 16.7 Å². The van der Waals surface area contributed by atoms with Crippen LogP contribution in [0.4, 0.5) is 5.82 Å². The van der Waals surface area contributed by atoms with Crippen molar-refractivity contribution in [2.75, 3.05) is 18.9 Å². The Labute approximate surface area is 157 Å². The average Bonchev–Trinajstić information content (AvgIpc) is 2.58. The quantitative estimate of drug-likeness (QED) is 0.755. The van der Waals surface area contributed by atoms with Gasteiger partial charge in [-0.05, 0) is 60.8 Å². The predicted molar refractivity (Wildman–Crippen MR) is 102 cm³/mol. The monoisotopic (exact) mass is 410 g/mol. The van der Waals surface area contributed by atoms with E-state index in [1.165, 1.54) is 12.8 Å². The van der Waals surface area contributed by atoms with Crippen molar-refractivity contribution in [3.8, 4) is 0 Å². The van der Waals surface area contributed by atoms with Crippen LogP contribution in [0.2, 0.25) is 0 Å². The predicted octanol–water partition coefficient (Wildman–Crippen LogP) is 2.80. The van der Waals surface area contributed by atoms with Gasteiger partial charge in [-0.2, -0.15) is 0 Å². The van der Waals surface area contributed by atoms with Gasteiger partial charge in [0.2, 0.25) is 11.8 Å². The zero-order chi connectivity index (χ0) is 18.4. The Kier molecular flexibility index (Phi) is 7.38. The van der Waals surface area contributed by atoms with Crippen molar-refractivity contribution in [2.45, 2.75) is 51.6 Å². The number of halogens is 1. The smallest absolute Gasteiger partial charge is 0.239 e. The fourth-order valence-corrected chi connectivity index (χ4v) is 3.26. The number of carbonyl (C=O) groups is 2. The lowest BCUT2D eigenvalue weighted by Gasteiger charge is -2.32. The summed E-state index contributed by atoms with van der Waals surface area (Å²) in [6.45, 7) is 4.15. The Balaban J connectivity index is 1.81. The molecule has 2 amide bonds. The Bertz CT molecular complexity index is 593. The van der Waals surface area contributed by atoms with Gasteiger partial charge in [0.25, 0.3) is 0 Å². The maximum absolute atomic E-state index is 12.5. The van der Waals surface area contributed by atoms with Crippen molar-refractivity contribution in [3.05, 3.63) is 22.8 Å². The number of pyridine rings is 1. The summed E-state index contributed by atoms with van der Waals surface area (Å²) in [5.74, 6) is 0.801. The molecule has 1 aromatic rings. The second kappa shape index (κ2) is 9.29. The molecule has 1 aliphatic carbocycles. The lowest BCUT2D eigenvalue weighted by molar-refractivity contribution is -0.127. The topological polar surface area (TPSA) is 74.3 Å². The molecular formula is C18H27BrN4O2. The second-order valence-corrected chi connectivity index (χ2v) is 7.79. The molecule has 0 aliphatic heterocycles. The van der Waals surface area contributed by atoms with Crippen molar-refractivity contribution >= 4 is 33.6 Å². The SMILES string of the molecule is CC1CCCCC1NC(=O)C(C)N(C)CC(=O)Nc1ccc(Br)cn1. The zero-order valence-electron chi connectivity index (χ0n) is 15.1. The van der Waals surface area contributed by atoms with Crippen LogP contribution in [0.3, 0.4) is 0 Å². The van der Waals surface area contributed by atoms with Crippen LogP contribution in [0, 0.1) is 5.92 Å². The maximum Gasteiger partial charge on any atom is 0.239 e. The molecule has 1 fully saturated rings. The van der Waals surface area contributed by atoms with Crippen molar-refractivity contribution in [3.63, 3.8) is 0 Å². The van der Waals surface area contributed by atoms with Gasteiger partial charge in [0.1, 0.15) is 5.82 Å². The number of amides is 2. The zero-order valence-corrected chi connectivity index (χ0v) is 16.7. The van der Waals surface area contributed by atoms with Crippen molar-refractivity contribution < 1.29 is 9.59 Å². The number of hydrogen-bond donors (Lipinski definition) is 2. The molecule has 2 N–H and O–H groups in total. The van der Waals surface area contributed by atoms with E-state index in [4.69, 9.17) is 0 Å². The minimum Gasteiger partial charge on any atom is -0.352 e. The number of likely N-dealkylation sites (N-methyl/N-ethyl adjacent to an activating group) is 1. The van der Waals surface area contributed by atoms with Crippen LogP contribution in [-0.4, -0.2) is 47.4 Å². The second-order valence-electron chi connectivity index (χ2n) is 6.88. The van der Waals surface area contributed by atoms with Gasteiger partial charge in [0.05, 0.1) is 12.6 Å². The van der Waals surface area contributed by atoms with Crippen LogP contribution in [0.5, 0.6) is 0 Å². The molecule has 1 saturated carbocycles. The molecule has 3 atom stereocenters. The molecule has 0 spiro atoms. The molecule has 1 aliphatic rings. The van der Waals surface area contributed by atoms with Crippen LogP contribution in [0.1, 0.15) is 39.5 Å². The van der Waals surface area contributed by atoms with Crippen LogP contribution < -0.4 is 10.6 Å². The summed E-state index contributed by atoms with van der Waals surface area (Å²) in [5, 5.41) is 5.89. The Morgan fingerprint density at radius 2 is 2.08 bits per heavy atom. The van der Waals surface area contributed by atoms with Crippen LogP contribution in [0.25, 0.3) is 0 Å². The fourth-order valence-electron chi connectivity index (χ4n) is 3.03. The van der Waals surface area contributed by atoms with Gasteiger partial charge >= 0.3 is 0 Å². The Morgan fingerprint density at radius 1 is 1.36 bits per heavy atom. The number of nitrogens with one attached hydrogen (secondary N) is 2. The maximum atomic E-state index is 12.5. The van der Waals surface area contributed by atoms with Crippen molar-refractivity contribution in [1.82, 2.24) is 15.2 Å². The molecule has 1 heterocycles. The van der Waals surface area contributed by atoms with E-state index in [1.807, 2.05) is 13.0 Å². The van der Waals surface area contributed by atoms with Gasteiger partial charge in [-0.3, -0.25) is 14.5 Å². The summed E-state index contributed by atoms with van der Waals surface area (Å²) in [7, 11) is 1.78. The van der Waals surface area contributed by atoms with Crippen LogP contribution in [-0.2, 0) is 9.59 Å². The number of carbonyl (C=O) groups excluding carboxylic acids is 2. The minimum atomic E-state index is -0.363. The molecule has 0 aromatic carbocycles. The van der Waals surface area contributed by atoms with E-state index in [0.717, 1.165) is 17.3 Å².